The zero-order chi connectivity index (χ0) is 32.8. The summed E-state index contributed by atoms with van der Waals surface area (Å²) in [6, 6.07) is 20.9. The predicted molar refractivity (Wildman–Crippen MR) is 175 cm³/mol. The Labute approximate surface area is 266 Å². The van der Waals surface area contributed by atoms with Crippen molar-refractivity contribution in [3.05, 3.63) is 101 Å². The first-order valence-electron chi connectivity index (χ1n) is 15.7. The molecule has 0 heterocycles. The number of hydrogen-bond acceptors (Lipinski definition) is 6. The Hall–Kier alpha value is -4.46. The maximum Gasteiger partial charge on any atom is 0.309 e. The molecule has 3 aromatic carbocycles. The van der Waals surface area contributed by atoms with Gasteiger partial charge in [0.15, 0.2) is 5.78 Å². The quantitative estimate of drug-likeness (QED) is 0.0825. The third-order valence-electron chi connectivity index (χ3n) is 7.66. The van der Waals surface area contributed by atoms with Crippen LogP contribution in [-0.2, 0) is 21.4 Å². The molecule has 0 saturated heterocycles. The molecule has 2 amide bonds. The maximum absolute atomic E-state index is 13.0. The second-order valence-electron chi connectivity index (χ2n) is 12.3. The molecule has 0 unspecified atom stereocenters. The second-order valence-corrected chi connectivity index (χ2v) is 12.3. The molecule has 0 aliphatic rings. The number of carbonyl (C=O) groups excluding carboxylic acids is 4. The lowest BCUT2D eigenvalue weighted by Crippen LogP contribution is -2.41. The van der Waals surface area contributed by atoms with Crippen LogP contribution in [0.15, 0.2) is 72.8 Å². The zero-order valence-electron chi connectivity index (χ0n) is 27.1. The fraction of sp³-hybridized carbons (Fsp3) is 0.405. The van der Waals surface area contributed by atoms with Crippen LogP contribution in [0.5, 0.6) is 5.75 Å². The Balaban J connectivity index is 1.50. The number of hydrogen-bond donors (Lipinski definition) is 2. The Kier molecular flexibility index (Phi) is 13.3. The van der Waals surface area contributed by atoms with Gasteiger partial charge in [-0.05, 0) is 65.8 Å². The van der Waals surface area contributed by atoms with Crippen LogP contribution in [0.3, 0.4) is 0 Å². The minimum atomic E-state index is -0.675. The summed E-state index contributed by atoms with van der Waals surface area (Å²) in [5, 5.41) is 0. The second kappa shape index (κ2) is 17.1. The first-order chi connectivity index (χ1) is 21.5. The summed E-state index contributed by atoms with van der Waals surface area (Å²) in [5.41, 5.74) is 7.97. The molecule has 0 aliphatic carbocycles. The van der Waals surface area contributed by atoms with Crippen molar-refractivity contribution in [1.29, 1.82) is 0 Å². The lowest BCUT2D eigenvalue weighted by molar-refractivity contribution is -0.145. The first-order valence-corrected chi connectivity index (χ1v) is 15.7. The van der Waals surface area contributed by atoms with E-state index in [1.54, 1.807) is 60.7 Å². The monoisotopic (exact) mass is 614 g/mol. The van der Waals surface area contributed by atoms with Gasteiger partial charge in [-0.1, -0.05) is 89.8 Å². The van der Waals surface area contributed by atoms with Crippen molar-refractivity contribution in [2.75, 3.05) is 13.7 Å². The summed E-state index contributed by atoms with van der Waals surface area (Å²) in [6.45, 7) is 9.14. The van der Waals surface area contributed by atoms with E-state index in [2.05, 4.69) is 38.5 Å². The van der Waals surface area contributed by atoms with Gasteiger partial charge < -0.3 is 9.47 Å². The van der Waals surface area contributed by atoms with Gasteiger partial charge in [0.2, 0.25) is 0 Å². The minimum absolute atomic E-state index is 0.00194. The van der Waals surface area contributed by atoms with Crippen LogP contribution in [0.2, 0.25) is 0 Å². The van der Waals surface area contributed by atoms with Crippen molar-refractivity contribution >= 4 is 23.6 Å². The molecule has 8 heteroatoms. The average molecular weight is 615 g/mol. The van der Waals surface area contributed by atoms with Gasteiger partial charge in [0, 0.05) is 23.1 Å². The van der Waals surface area contributed by atoms with Crippen molar-refractivity contribution < 1.29 is 28.7 Å². The summed E-state index contributed by atoms with van der Waals surface area (Å²) in [6.07, 6.45) is 6.06. The van der Waals surface area contributed by atoms with E-state index in [0.29, 0.717) is 29.0 Å². The van der Waals surface area contributed by atoms with E-state index in [-0.39, 0.29) is 24.0 Å². The molecular weight excluding hydrogens is 568 g/mol. The number of unbranched alkanes of at least 4 members (excludes halogenated alkanes) is 4. The van der Waals surface area contributed by atoms with Crippen LogP contribution in [0.4, 0.5) is 0 Å². The number of amides is 2. The summed E-state index contributed by atoms with van der Waals surface area (Å²) >= 11 is 0. The number of esters is 1. The predicted octanol–water partition coefficient (Wildman–Crippen LogP) is 7.01. The molecule has 0 aromatic heterocycles. The number of nitrogens with one attached hydrogen (secondary N) is 2. The molecule has 0 radical (unpaired) electrons. The molecule has 0 bridgehead atoms. The third-order valence-corrected chi connectivity index (χ3v) is 7.66. The van der Waals surface area contributed by atoms with E-state index in [0.717, 1.165) is 24.0 Å². The highest BCUT2D eigenvalue weighted by Gasteiger charge is 2.24. The zero-order valence-corrected chi connectivity index (χ0v) is 27.1. The van der Waals surface area contributed by atoms with Gasteiger partial charge in [-0.3, -0.25) is 30.0 Å². The standard InChI is InChI=1S/C37H46N2O6/c1-6-7-8-9-10-23-45-32-21-17-29(18-22-32)35(42)39-38-34(41)28-13-11-26(12-14-28)24-30(36(43)44-5)25-33(40)27-15-19-31(20-16-27)37(2,3)4/h11-22,30H,6-10,23-25H2,1-5H3,(H,38,41)(H,39,42)/t30-/m1/s1. The molecule has 3 aromatic rings. The maximum atomic E-state index is 13.0. The van der Waals surface area contributed by atoms with E-state index < -0.39 is 23.7 Å². The lowest BCUT2D eigenvalue weighted by atomic mass is 9.85. The molecule has 2 N–H and O–H groups in total. The van der Waals surface area contributed by atoms with E-state index in [4.69, 9.17) is 9.47 Å². The molecule has 1 atom stereocenters. The Morgan fingerprint density at radius 3 is 1.78 bits per heavy atom. The fourth-order valence-corrected chi connectivity index (χ4v) is 4.84. The van der Waals surface area contributed by atoms with Crippen LogP contribution >= 0.6 is 0 Å². The Morgan fingerprint density at radius 1 is 0.711 bits per heavy atom. The normalized spacial score (nSPS) is 11.8. The van der Waals surface area contributed by atoms with Gasteiger partial charge in [0.25, 0.3) is 11.8 Å². The lowest BCUT2D eigenvalue weighted by Gasteiger charge is -2.19. The molecule has 0 aliphatic heterocycles. The van der Waals surface area contributed by atoms with Crippen LogP contribution in [0.1, 0.15) is 108 Å². The van der Waals surface area contributed by atoms with E-state index in [1.807, 2.05) is 12.1 Å². The van der Waals surface area contributed by atoms with Gasteiger partial charge in [0.05, 0.1) is 19.6 Å². The number of carbonyl (C=O) groups is 4. The number of methoxy groups -OCH3 is 1. The molecule has 8 nitrogen and oxygen atoms in total. The summed E-state index contributed by atoms with van der Waals surface area (Å²) < 4.78 is 10.7. The largest absolute Gasteiger partial charge is 0.494 e. The number of benzene rings is 3. The molecule has 45 heavy (non-hydrogen) atoms. The SMILES string of the molecule is CCCCCCCOc1ccc(C(=O)NNC(=O)c2ccc(C[C@H](CC(=O)c3ccc(C(C)(C)C)cc3)C(=O)OC)cc2)cc1. The van der Waals surface area contributed by atoms with Crippen molar-refractivity contribution in [3.8, 4) is 5.75 Å². The van der Waals surface area contributed by atoms with Crippen molar-refractivity contribution in [1.82, 2.24) is 10.9 Å². The van der Waals surface area contributed by atoms with Gasteiger partial charge in [-0.2, -0.15) is 0 Å². The highest BCUT2D eigenvalue weighted by molar-refractivity contribution is 5.99. The van der Waals surface area contributed by atoms with Crippen LogP contribution in [0.25, 0.3) is 0 Å². The molecule has 3 rings (SSSR count). The minimum Gasteiger partial charge on any atom is -0.494 e. The van der Waals surface area contributed by atoms with E-state index >= 15 is 0 Å². The average Bonchev–Trinajstić information content (AvgIpc) is 3.04. The highest BCUT2D eigenvalue weighted by Crippen LogP contribution is 2.24. The molecule has 0 saturated carbocycles. The number of ether oxygens (including phenoxy) is 2. The van der Waals surface area contributed by atoms with E-state index in [1.165, 1.54) is 26.4 Å². The topological polar surface area (TPSA) is 111 Å². The summed E-state index contributed by atoms with van der Waals surface area (Å²) in [7, 11) is 1.30. The van der Waals surface area contributed by atoms with Crippen LogP contribution < -0.4 is 15.6 Å². The van der Waals surface area contributed by atoms with Crippen LogP contribution in [-0.4, -0.2) is 37.3 Å². The van der Waals surface area contributed by atoms with Gasteiger partial charge in [-0.25, -0.2) is 0 Å². The fourth-order valence-electron chi connectivity index (χ4n) is 4.84. The van der Waals surface area contributed by atoms with Gasteiger partial charge >= 0.3 is 5.97 Å². The number of Topliss-reactive ketones (excluding diaryl/α,β-unsaturated/α-hetero) is 1. The van der Waals surface area contributed by atoms with Crippen molar-refractivity contribution in [2.45, 2.75) is 78.1 Å². The van der Waals surface area contributed by atoms with Crippen molar-refractivity contribution in [3.63, 3.8) is 0 Å². The van der Waals surface area contributed by atoms with Gasteiger partial charge in [0.1, 0.15) is 5.75 Å². The van der Waals surface area contributed by atoms with Gasteiger partial charge in [-0.15, -0.1) is 0 Å². The number of ketones is 1. The number of rotatable bonds is 15. The van der Waals surface area contributed by atoms with E-state index in [9.17, 15) is 19.2 Å². The molecule has 0 spiro atoms. The smallest absolute Gasteiger partial charge is 0.309 e. The number of hydrazine groups is 1. The summed E-state index contributed by atoms with van der Waals surface area (Å²) in [4.78, 5) is 50.7. The molecule has 0 fully saturated rings. The molecular formula is C37H46N2O6. The molecule has 240 valence electrons. The summed E-state index contributed by atoms with van der Waals surface area (Å²) in [5.74, 6) is -1.54. The van der Waals surface area contributed by atoms with Crippen LogP contribution in [0, 0.1) is 5.92 Å². The third kappa shape index (κ3) is 11.2. The first kappa shape index (κ1) is 35.0. The Morgan fingerprint density at radius 2 is 1.24 bits per heavy atom. The van der Waals surface area contributed by atoms with Crippen molar-refractivity contribution in [2.24, 2.45) is 5.92 Å². The highest BCUT2D eigenvalue weighted by atomic mass is 16.5. The Bertz CT molecular complexity index is 1410.